The fourth-order valence-corrected chi connectivity index (χ4v) is 0.871. The fraction of sp³-hybridized carbons (Fsp3) is 0.556. The second-order valence-corrected chi connectivity index (χ2v) is 3.20. The maximum atomic E-state index is 11.1. The molecule has 3 N–H and O–H groups in total. The highest BCUT2D eigenvalue weighted by molar-refractivity contribution is 5.82. The maximum absolute atomic E-state index is 11.1. The first-order valence-electron chi connectivity index (χ1n) is 4.37. The van der Waals surface area contributed by atoms with Crippen LogP contribution in [0.2, 0.25) is 0 Å². The number of hydrogen-bond acceptors (Lipinski definition) is 2. The lowest BCUT2D eigenvalue weighted by Crippen LogP contribution is -2.48. The summed E-state index contributed by atoms with van der Waals surface area (Å²) in [7, 11) is 0. The maximum Gasteiger partial charge on any atom is 0.326 e. The molecule has 0 radical (unpaired) electrons. The van der Waals surface area contributed by atoms with Crippen molar-refractivity contribution in [2.45, 2.75) is 19.9 Å². The van der Waals surface area contributed by atoms with Gasteiger partial charge in [0.25, 0.3) is 0 Å². The van der Waals surface area contributed by atoms with Crippen LogP contribution in [0.1, 0.15) is 13.8 Å². The van der Waals surface area contributed by atoms with Gasteiger partial charge in [0.2, 0.25) is 0 Å². The van der Waals surface area contributed by atoms with Crippen LogP contribution >= 0.6 is 0 Å². The fourth-order valence-electron chi connectivity index (χ4n) is 0.871. The lowest BCUT2D eigenvalue weighted by atomic mass is 10.1. The normalized spacial score (nSPS) is 11.9. The molecule has 0 heterocycles. The van der Waals surface area contributed by atoms with E-state index < -0.39 is 18.0 Å². The van der Waals surface area contributed by atoms with Crippen LogP contribution < -0.4 is 10.6 Å². The predicted molar refractivity (Wildman–Crippen MR) is 53.0 cm³/mol. The van der Waals surface area contributed by atoms with Crippen LogP contribution in [-0.4, -0.2) is 29.7 Å². The van der Waals surface area contributed by atoms with Gasteiger partial charge in [0.05, 0.1) is 0 Å². The number of urea groups is 1. The molecule has 14 heavy (non-hydrogen) atoms. The van der Waals surface area contributed by atoms with Crippen LogP contribution in [-0.2, 0) is 4.79 Å². The summed E-state index contributed by atoms with van der Waals surface area (Å²) in [4.78, 5) is 21.8. The van der Waals surface area contributed by atoms with Gasteiger partial charge in [-0.1, -0.05) is 19.9 Å². The van der Waals surface area contributed by atoms with Gasteiger partial charge in [-0.2, -0.15) is 0 Å². The number of rotatable bonds is 5. The first-order chi connectivity index (χ1) is 6.49. The molecule has 0 aliphatic heterocycles. The van der Waals surface area contributed by atoms with Crippen LogP contribution in [0.5, 0.6) is 0 Å². The highest BCUT2D eigenvalue weighted by Gasteiger charge is 2.22. The number of carbonyl (C=O) groups is 2. The third kappa shape index (κ3) is 4.49. The Bertz CT molecular complexity index is 226. The summed E-state index contributed by atoms with van der Waals surface area (Å²) >= 11 is 0. The Kier molecular flexibility index (Phi) is 5.36. The topological polar surface area (TPSA) is 78.4 Å². The first-order valence-corrected chi connectivity index (χ1v) is 4.37. The SMILES string of the molecule is C=CCNC(=O)N[C@H](C(=O)O)C(C)C. The third-order valence-corrected chi connectivity index (χ3v) is 1.63. The molecular weight excluding hydrogens is 184 g/mol. The highest BCUT2D eigenvalue weighted by Crippen LogP contribution is 2.00. The first kappa shape index (κ1) is 12.5. The van der Waals surface area contributed by atoms with Crippen molar-refractivity contribution in [3.05, 3.63) is 12.7 Å². The number of carbonyl (C=O) groups excluding carboxylic acids is 1. The third-order valence-electron chi connectivity index (χ3n) is 1.63. The molecule has 0 rings (SSSR count). The van der Waals surface area contributed by atoms with E-state index in [2.05, 4.69) is 17.2 Å². The molecule has 1 atom stereocenters. The minimum Gasteiger partial charge on any atom is -0.480 e. The second-order valence-electron chi connectivity index (χ2n) is 3.20. The van der Waals surface area contributed by atoms with Gasteiger partial charge in [-0.3, -0.25) is 0 Å². The molecule has 0 aliphatic rings. The number of carboxylic acids is 1. The zero-order valence-corrected chi connectivity index (χ0v) is 8.41. The van der Waals surface area contributed by atoms with Crippen molar-refractivity contribution in [2.75, 3.05) is 6.54 Å². The highest BCUT2D eigenvalue weighted by atomic mass is 16.4. The van der Waals surface area contributed by atoms with Gasteiger partial charge in [-0.05, 0) is 5.92 Å². The zero-order chi connectivity index (χ0) is 11.1. The number of carboxylic acid groups (broad SMARTS) is 1. The molecular formula is C9H16N2O3. The van der Waals surface area contributed by atoms with Crippen molar-refractivity contribution >= 4 is 12.0 Å². The molecule has 5 heteroatoms. The van der Waals surface area contributed by atoms with Crippen LogP contribution in [0.25, 0.3) is 0 Å². The van der Waals surface area contributed by atoms with Crippen molar-refractivity contribution in [3.8, 4) is 0 Å². The minimum absolute atomic E-state index is 0.151. The summed E-state index contributed by atoms with van der Waals surface area (Å²) in [5.74, 6) is -1.18. The molecule has 0 saturated heterocycles. The van der Waals surface area contributed by atoms with E-state index >= 15 is 0 Å². The van der Waals surface area contributed by atoms with Crippen molar-refractivity contribution < 1.29 is 14.7 Å². The standard InChI is InChI=1S/C9H16N2O3/c1-4-5-10-9(14)11-7(6(2)3)8(12)13/h4,6-7H,1,5H2,2-3H3,(H,12,13)(H2,10,11,14)/t7-/m0/s1. The van der Waals surface area contributed by atoms with Crippen molar-refractivity contribution in [1.29, 1.82) is 0 Å². The van der Waals surface area contributed by atoms with E-state index in [1.54, 1.807) is 13.8 Å². The smallest absolute Gasteiger partial charge is 0.326 e. The van der Waals surface area contributed by atoms with Crippen LogP contribution in [0.3, 0.4) is 0 Å². The van der Waals surface area contributed by atoms with E-state index in [9.17, 15) is 9.59 Å². The summed E-state index contributed by atoms with van der Waals surface area (Å²) in [5, 5.41) is 13.5. The zero-order valence-electron chi connectivity index (χ0n) is 8.41. The van der Waals surface area contributed by atoms with Gasteiger partial charge >= 0.3 is 12.0 Å². The molecule has 0 spiro atoms. The monoisotopic (exact) mass is 200 g/mol. The molecule has 0 aromatic carbocycles. The quantitative estimate of drug-likeness (QED) is 0.568. The van der Waals surface area contributed by atoms with Gasteiger partial charge < -0.3 is 15.7 Å². The molecule has 0 saturated carbocycles. The molecule has 0 aromatic rings. The molecule has 80 valence electrons. The summed E-state index contributed by atoms with van der Waals surface area (Å²) in [6.45, 7) is 7.20. The molecule has 5 nitrogen and oxygen atoms in total. The Balaban J connectivity index is 4.09. The van der Waals surface area contributed by atoms with E-state index in [0.717, 1.165) is 0 Å². The second kappa shape index (κ2) is 6.01. The number of nitrogens with one attached hydrogen (secondary N) is 2. The predicted octanol–water partition coefficient (Wildman–Crippen LogP) is 0.581. The lowest BCUT2D eigenvalue weighted by molar-refractivity contribution is -0.140. The van der Waals surface area contributed by atoms with Crippen molar-refractivity contribution in [1.82, 2.24) is 10.6 Å². The van der Waals surface area contributed by atoms with Gasteiger partial charge in [-0.25, -0.2) is 9.59 Å². The summed E-state index contributed by atoms with van der Waals surface area (Å²) in [5.41, 5.74) is 0. The molecule has 2 amide bonds. The van der Waals surface area contributed by atoms with Gasteiger partial charge in [0, 0.05) is 6.54 Å². The molecule has 0 aromatic heterocycles. The Morgan fingerprint density at radius 2 is 2.07 bits per heavy atom. The van der Waals surface area contributed by atoms with Crippen molar-refractivity contribution in [3.63, 3.8) is 0 Å². The summed E-state index contributed by atoms with van der Waals surface area (Å²) < 4.78 is 0. The van der Waals surface area contributed by atoms with Gasteiger partial charge in [0.15, 0.2) is 0 Å². The Morgan fingerprint density at radius 1 is 1.50 bits per heavy atom. The van der Waals surface area contributed by atoms with Gasteiger partial charge in [0.1, 0.15) is 6.04 Å². The van der Waals surface area contributed by atoms with E-state index in [0.29, 0.717) is 6.54 Å². The van der Waals surface area contributed by atoms with E-state index in [-0.39, 0.29) is 5.92 Å². The van der Waals surface area contributed by atoms with Crippen molar-refractivity contribution in [2.24, 2.45) is 5.92 Å². The largest absolute Gasteiger partial charge is 0.480 e. The van der Waals surface area contributed by atoms with Crippen LogP contribution in [0.4, 0.5) is 4.79 Å². The summed E-state index contributed by atoms with van der Waals surface area (Å²) in [6.07, 6.45) is 1.52. The molecule has 0 aliphatic carbocycles. The van der Waals surface area contributed by atoms with E-state index in [1.807, 2.05) is 0 Å². The molecule has 0 unspecified atom stereocenters. The van der Waals surface area contributed by atoms with Gasteiger partial charge in [-0.15, -0.1) is 6.58 Å². The minimum atomic E-state index is -1.03. The van der Waals surface area contributed by atoms with Crippen LogP contribution in [0.15, 0.2) is 12.7 Å². The van der Waals surface area contributed by atoms with Crippen LogP contribution in [0, 0.1) is 5.92 Å². The summed E-state index contributed by atoms with van der Waals surface area (Å²) in [6, 6.07) is -1.36. The van der Waals surface area contributed by atoms with E-state index in [1.165, 1.54) is 6.08 Å². The Morgan fingerprint density at radius 3 is 2.43 bits per heavy atom. The molecule has 0 fully saturated rings. The average Bonchev–Trinajstić information content (AvgIpc) is 2.09. The lowest BCUT2D eigenvalue weighted by Gasteiger charge is -2.17. The number of amides is 2. The average molecular weight is 200 g/mol. The number of hydrogen-bond donors (Lipinski definition) is 3. The molecule has 0 bridgehead atoms. The Labute approximate surface area is 83.2 Å². The van der Waals surface area contributed by atoms with E-state index in [4.69, 9.17) is 5.11 Å². The number of aliphatic carboxylic acids is 1. The Hall–Kier alpha value is -1.52.